The lowest BCUT2D eigenvalue weighted by atomic mass is 10.4. The zero-order valence-corrected chi connectivity index (χ0v) is 15.3. The summed E-state index contributed by atoms with van der Waals surface area (Å²) in [6.07, 6.45) is 5.03. The van der Waals surface area contributed by atoms with Crippen molar-refractivity contribution in [3.8, 4) is 0 Å². The van der Waals surface area contributed by atoms with Crippen LogP contribution >= 0.6 is 0 Å². The van der Waals surface area contributed by atoms with Gasteiger partial charge in [-0.25, -0.2) is 0 Å². The van der Waals surface area contributed by atoms with Crippen LogP contribution in [0.15, 0.2) is 0 Å². The van der Waals surface area contributed by atoms with Gasteiger partial charge in [-0.2, -0.15) is 0 Å². The first-order valence-corrected chi connectivity index (χ1v) is 10.5. The molecule has 0 heterocycles. The zero-order chi connectivity index (χ0) is 15.8. The standard InChI is InChI=1S/C15H36N2O3Si/c1-4-12-18-21(19-13-5-2,20-14-6-3)15-8-11-17-10-7-9-16/h17H,4-16H2,1-3H3. The molecule has 0 unspecified atom stereocenters. The second-order valence-corrected chi connectivity index (χ2v) is 7.96. The van der Waals surface area contributed by atoms with Gasteiger partial charge in [-0.1, -0.05) is 20.8 Å². The highest BCUT2D eigenvalue weighted by atomic mass is 28.4. The largest absolute Gasteiger partial charge is 0.501 e. The lowest BCUT2D eigenvalue weighted by molar-refractivity contribution is 0.0588. The first kappa shape index (κ1) is 21.0. The molecule has 128 valence electrons. The lowest BCUT2D eigenvalue weighted by Gasteiger charge is -2.29. The van der Waals surface area contributed by atoms with Crippen molar-refractivity contribution in [1.29, 1.82) is 0 Å². The summed E-state index contributed by atoms with van der Waals surface area (Å²) >= 11 is 0. The van der Waals surface area contributed by atoms with Crippen LogP contribution in [0.25, 0.3) is 0 Å². The quantitative estimate of drug-likeness (QED) is 0.338. The number of hydrogen-bond donors (Lipinski definition) is 2. The maximum atomic E-state index is 6.06. The van der Waals surface area contributed by atoms with Crippen LogP contribution < -0.4 is 11.1 Å². The van der Waals surface area contributed by atoms with Crippen LogP contribution in [0.3, 0.4) is 0 Å². The van der Waals surface area contributed by atoms with E-state index in [0.29, 0.717) is 0 Å². The third-order valence-corrected chi connectivity index (χ3v) is 5.87. The Hall–Kier alpha value is 0.0169. The molecule has 3 N–H and O–H groups in total. The molecule has 0 aromatic rings. The summed E-state index contributed by atoms with van der Waals surface area (Å²) in [4.78, 5) is 0. The summed E-state index contributed by atoms with van der Waals surface area (Å²) < 4.78 is 18.2. The Labute approximate surface area is 132 Å². The topological polar surface area (TPSA) is 65.7 Å². The van der Waals surface area contributed by atoms with E-state index in [9.17, 15) is 0 Å². The monoisotopic (exact) mass is 320 g/mol. The van der Waals surface area contributed by atoms with Crippen molar-refractivity contribution in [2.24, 2.45) is 5.73 Å². The van der Waals surface area contributed by atoms with Crippen LogP contribution in [0.4, 0.5) is 0 Å². The van der Waals surface area contributed by atoms with Crippen LogP contribution in [0, 0.1) is 0 Å². The molecular weight excluding hydrogens is 284 g/mol. The van der Waals surface area contributed by atoms with Gasteiger partial charge in [0.25, 0.3) is 0 Å². The summed E-state index contributed by atoms with van der Waals surface area (Å²) in [7, 11) is -2.49. The van der Waals surface area contributed by atoms with Gasteiger partial charge in [0.2, 0.25) is 0 Å². The van der Waals surface area contributed by atoms with E-state index >= 15 is 0 Å². The molecule has 0 aliphatic carbocycles. The SMILES string of the molecule is CCCO[Si](CCCNCCCN)(OCCC)OCCC. The lowest BCUT2D eigenvalue weighted by Crippen LogP contribution is -2.47. The van der Waals surface area contributed by atoms with Crippen LogP contribution in [0.5, 0.6) is 0 Å². The van der Waals surface area contributed by atoms with Gasteiger partial charge >= 0.3 is 8.80 Å². The van der Waals surface area contributed by atoms with Gasteiger partial charge in [-0.15, -0.1) is 0 Å². The molecular formula is C15H36N2O3Si. The maximum Gasteiger partial charge on any atom is 0.501 e. The summed E-state index contributed by atoms with van der Waals surface area (Å²) in [6, 6.07) is 0.891. The van der Waals surface area contributed by atoms with Crippen molar-refractivity contribution >= 4 is 8.80 Å². The number of hydrogen-bond acceptors (Lipinski definition) is 5. The van der Waals surface area contributed by atoms with E-state index in [2.05, 4.69) is 26.1 Å². The molecule has 0 spiro atoms. The average Bonchev–Trinajstić information content (AvgIpc) is 2.51. The third-order valence-electron chi connectivity index (χ3n) is 2.97. The highest BCUT2D eigenvalue weighted by Crippen LogP contribution is 2.19. The summed E-state index contributed by atoms with van der Waals surface area (Å²) in [5.74, 6) is 0. The molecule has 0 saturated heterocycles. The Morgan fingerprint density at radius 1 is 0.810 bits per heavy atom. The molecule has 0 aliphatic rings. The minimum absolute atomic E-state index is 0.722. The van der Waals surface area contributed by atoms with Crippen LogP contribution in [0.1, 0.15) is 52.9 Å². The Morgan fingerprint density at radius 3 is 1.71 bits per heavy atom. The van der Waals surface area contributed by atoms with Crippen molar-refractivity contribution in [1.82, 2.24) is 5.32 Å². The predicted octanol–water partition coefficient (Wildman–Crippen LogP) is 2.53. The fourth-order valence-electron chi connectivity index (χ4n) is 1.90. The van der Waals surface area contributed by atoms with E-state index in [1.807, 2.05) is 0 Å². The Kier molecular flexibility index (Phi) is 14.9. The van der Waals surface area contributed by atoms with Crippen LogP contribution in [-0.4, -0.2) is 48.3 Å². The zero-order valence-electron chi connectivity index (χ0n) is 14.3. The van der Waals surface area contributed by atoms with Crippen LogP contribution in [0.2, 0.25) is 6.04 Å². The maximum absolute atomic E-state index is 6.06. The molecule has 0 aromatic carbocycles. The van der Waals surface area contributed by atoms with E-state index in [1.54, 1.807) is 0 Å². The first-order chi connectivity index (χ1) is 10.2. The molecule has 21 heavy (non-hydrogen) atoms. The molecule has 0 rings (SSSR count). The van der Waals surface area contributed by atoms with Crippen LogP contribution in [-0.2, 0) is 13.3 Å². The van der Waals surface area contributed by atoms with Gasteiger partial charge in [0, 0.05) is 25.9 Å². The fraction of sp³-hybridized carbons (Fsp3) is 1.00. The highest BCUT2D eigenvalue weighted by Gasteiger charge is 2.40. The Bertz CT molecular complexity index is 199. The van der Waals surface area contributed by atoms with Gasteiger partial charge in [0.15, 0.2) is 0 Å². The van der Waals surface area contributed by atoms with E-state index in [0.717, 1.165) is 77.6 Å². The predicted molar refractivity (Wildman–Crippen MR) is 90.4 cm³/mol. The smallest absolute Gasteiger partial charge is 0.373 e. The van der Waals surface area contributed by atoms with Crippen molar-refractivity contribution < 1.29 is 13.3 Å². The number of rotatable bonds is 16. The minimum atomic E-state index is -2.49. The summed E-state index contributed by atoms with van der Waals surface area (Å²) in [5.41, 5.74) is 5.48. The van der Waals surface area contributed by atoms with E-state index in [-0.39, 0.29) is 0 Å². The summed E-state index contributed by atoms with van der Waals surface area (Å²) in [5, 5.41) is 3.40. The number of nitrogens with two attached hydrogens (primary N) is 1. The normalized spacial score (nSPS) is 12.0. The molecule has 0 radical (unpaired) electrons. The minimum Gasteiger partial charge on any atom is -0.373 e. The molecule has 5 nitrogen and oxygen atoms in total. The number of nitrogens with one attached hydrogen (secondary N) is 1. The molecule has 0 bridgehead atoms. The highest BCUT2D eigenvalue weighted by molar-refractivity contribution is 6.60. The van der Waals surface area contributed by atoms with Crippen molar-refractivity contribution in [3.63, 3.8) is 0 Å². The molecule has 0 atom stereocenters. The molecule has 0 aromatic heterocycles. The molecule has 0 aliphatic heterocycles. The Balaban J connectivity index is 4.28. The second-order valence-electron chi connectivity index (χ2n) is 5.22. The van der Waals surface area contributed by atoms with E-state index in [1.165, 1.54) is 0 Å². The van der Waals surface area contributed by atoms with E-state index < -0.39 is 8.80 Å². The Morgan fingerprint density at radius 2 is 1.29 bits per heavy atom. The molecule has 0 amide bonds. The van der Waals surface area contributed by atoms with Crippen molar-refractivity contribution in [2.45, 2.75) is 58.9 Å². The average molecular weight is 321 g/mol. The molecule has 6 heteroatoms. The molecule has 0 fully saturated rings. The third kappa shape index (κ3) is 11.3. The van der Waals surface area contributed by atoms with Crippen molar-refractivity contribution in [3.05, 3.63) is 0 Å². The fourth-order valence-corrected chi connectivity index (χ4v) is 4.73. The van der Waals surface area contributed by atoms with Gasteiger partial charge < -0.3 is 24.3 Å². The van der Waals surface area contributed by atoms with E-state index in [4.69, 9.17) is 19.0 Å². The van der Waals surface area contributed by atoms with Gasteiger partial charge in [-0.05, 0) is 51.7 Å². The van der Waals surface area contributed by atoms with Gasteiger partial charge in [0.1, 0.15) is 0 Å². The van der Waals surface area contributed by atoms with Gasteiger partial charge in [-0.3, -0.25) is 0 Å². The first-order valence-electron chi connectivity index (χ1n) is 8.57. The van der Waals surface area contributed by atoms with Gasteiger partial charge in [0.05, 0.1) is 0 Å². The summed E-state index contributed by atoms with van der Waals surface area (Å²) in [6.45, 7) is 11.2. The molecule has 0 saturated carbocycles. The van der Waals surface area contributed by atoms with Crippen molar-refractivity contribution in [2.75, 3.05) is 39.5 Å². The second kappa shape index (κ2) is 14.9.